The monoisotopic (exact) mass is 650 g/mol. The molecule has 0 aliphatic rings. The smallest absolute Gasteiger partial charge is 0.262 e. The lowest BCUT2D eigenvalue weighted by Gasteiger charge is -2.22. The maximum Gasteiger partial charge on any atom is 0.262 e. The second-order valence-electron chi connectivity index (χ2n) is 9.85. The first kappa shape index (κ1) is 34.7. The van der Waals surface area contributed by atoms with Gasteiger partial charge in [-0.05, 0) is 61.4 Å². The van der Waals surface area contributed by atoms with E-state index in [9.17, 15) is 21.9 Å². The highest BCUT2D eigenvalue weighted by Gasteiger charge is 2.28. The minimum Gasteiger partial charge on any atom is -0.497 e. The summed E-state index contributed by atoms with van der Waals surface area (Å²) in [4.78, 5) is 0. The zero-order valence-corrected chi connectivity index (χ0v) is 26.5. The Morgan fingerprint density at radius 2 is 1.11 bits per heavy atom. The van der Waals surface area contributed by atoms with E-state index in [4.69, 9.17) is 19.7 Å². The highest BCUT2D eigenvalue weighted by molar-refractivity contribution is 7.89. The van der Waals surface area contributed by atoms with Gasteiger partial charge in [0.25, 0.3) is 20.0 Å². The van der Waals surface area contributed by atoms with Crippen LogP contribution in [0.15, 0.2) is 83.1 Å². The number of nitrogens with zero attached hydrogens (tertiary/aromatic N) is 5. The zero-order chi connectivity index (χ0) is 32.5. The lowest BCUT2D eigenvalue weighted by molar-refractivity contribution is 0.228. The molecule has 2 aromatic carbocycles. The number of benzene rings is 2. The first-order chi connectivity index (χ1) is 20.8. The van der Waals surface area contributed by atoms with E-state index in [1.807, 2.05) is 24.3 Å². The Bertz CT molecular complexity index is 1640. The number of nitrogens with two attached hydrogens (primary N) is 1. The maximum atomic E-state index is 13.4. The summed E-state index contributed by atoms with van der Waals surface area (Å²) < 4.78 is 63.0. The molecule has 240 valence electrons. The van der Waals surface area contributed by atoms with Gasteiger partial charge in [-0.2, -0.15) is 14.5 Å². The lowest BCUT2D eigenvalue weighted by atomic mass is 10.2. The van der Waals surface area contributed by atoms with E-state index in [0.717, 1.165) is 11.1 Å². The first-order valence-corrected chi connectivity index (χ1v) is 16.4. The third-order valence-electron chi connectivity index (χ3n) is 6.53. The number of aliphatic hydroxyl groups excluding tert-OH is 2. The summed E-state index contributed by atoms with van der Waals surface area (Å²) in [6, 6.07) is 16.7. The molecule has 44 heavy (non-hydrogen) atoms. The Hall–Kier alpha value is -3.80. The fraction of sp³-hybridized carbons (Fsp3) is 0.357. The number of aromatic nitrogens is 4. The molecule has 0 bridgehead atoms. The molecule has 4 aromatic rings. The zero-order valence-electron chi connectivity index (χ0n) is 24.9. The molecule has 4 rings (SSSR count). The van der Waals surface area contributed by atoms with Crippen LogP contribution in [-0.2, 0) is 33.1 Å². The Kier molecular flexibility index (Phi) is 12.0. The predicted molar refractivity (Wildman–Crippen MR) is 162 cm³/mol. The van der Waals surface area contributed by atoms with Crippen molar-refractivity contribution in [2.24, 2.45) is 5.14 Å². The number of methoxy groups -OCH3 is 2. The van der Waals surface area contributed by atoms with Gasteiger partial charge in [0.1, 0.15) is 11.5 Å². The predicted octanol–water partition coefficient (Wildman–Crippen LogP) is 1.93. The van der Waals surface area contributed by atoms with Crippen molar-refractivity contribution in [2.45, 2.75) is 49.1 Å². The van der Waals surface area contributed by atoms with Crippen LogP contribution in [-0.4, -0.2) is 78.3 Å². The van der Waals surface area contributed by atoms with Crippen molar-refractivity contribution in [3.63, 3.8) is 0 Å². The van der Waals surface area contributed by atoms with Crippen LogP contribution in [0.25, 0.3) is 0 Å². The normalized spacial score (nSPS) is 13.2. The van der Waals surface area contributed by atoms with Gasteiger partial charge >= 0.3 is 0 Å². The molecular formula is C28H38N6O8S2. The molecule has 0 saturated heterocycles. The van der Waals surface area contributed by atoms with Crippen LogP contribution in [0.4, 0.5) is 0 Å². The molecule has 0 aliphatic carbocycles. The average molecular weight is 651 g/mol. The number of aliphatic hydroxyl groups is 2. The quantitative estimate of drug-likeness (QED) is 0.193. The molecule has 16 heteroatoms. The van der Waals surface area contributed by atoms with E-state index >= 15 is 0 Å². The third kappa shape index (κ3) is 9.10. The van der Waals surface area contributed by atoms with Crippen molar-refractivity contribution in [3.05, 3.63) is 84.2 Å². The summed E-state index contributed by atoms with van der Waals surface area (Å²) in [5, 5.41) is 30.6. The number of hydrogen-bond acceptors (Lipinski definition) is 10. The second-order valence-corrected chi connectivity index (χ2v) is 13.2. The number of primary sulfonamides is 1. The maximum absolute atomic E-state index is 13.4. The fourth-order valence-corrected chi connectivity index (χ4v) is 5.61. The summed E-state index contributed by atoms with van der Waals surface area (Å²) in [6.07, 6.45) is 3.02. The van der Waals surface area contributed by atoms with Gasteiger partial charge in [-0.3, -0.25) is 9.36 Å². The minimum absolute atomic E-state index is 0.0603. The minimum atomic E-state index is -3.89. The highest BCUT2D eigenvalue weighted by atomic mass is 32.2. The van der Waals surface area contributed by atoms with Gasteiger partial charge in [0.05, 0.1) is 39.5 Å². The van der Waals surface area contributed by atoms with Crippen molar-refractivity contribution in [1.29, 1.82) is 0 Å². The molecule has 0 fully saturated rings. The van der Waals surface area contributed by atoms with E-state index in [2.05, 4.69) is 10.2 Å². The van der Waals surface area contributed by atoms with Crippen LogP contribution in [0.2, 0.25) is 0 Å². The van der Waals surface area contributed by atoms with Gasteiger partial charge in [-0.25, -0.2) is 22.0 Å². The van der Waals surface area contributed by atoms with E-state index in [0.29, 0.717) is 11.5 Å². The van der Waals surface area contributed by atoms with E-state index in [-0.39, 0.29) is 48.4 Å². The van der Waals surface area contributed by atoms with Gasteiger partial charge in [-0.15, -0.1) is 0 Å². The number of ether oxygens (including phenoxy) is 2. The lowest BCUT2D eigenvalue weighted by Crippen LogP contribution is -2.31. The van der Waals surface area contributed by atoms with Gasteiger partial charge in [0.2, 0.25) is 0 Å². The van der Waals surface area contributed by atoms with Crippen LogP contribution in [0.3, 0.4) is 0 Å². The summed E-state index contributed by atoms with van der Waals surface area (Å²) in [5.74, 6) is 1.40. The van der Waals surface area contributed by atoms with Gasteiger partial charge in [0.15, 0.2) is 10.1 Å². The number of hydrogen-bond donors (Lipinski definition) is 3. The van der Waals surface area contributed by atoms with E-state index in [1.54, 1.807) is 58.5 Å². The molecule has 2 heterocycles. The van der Waals surface area contributed by atoms with Crippen molar-refractivity contribution in [1.82, 2.24) is 23.9 Å². The Morgan fingerprint density at radius 1 is 0.727 bits per heavy atom. The number of sulfonamides is 2. The molecule has 0 saturated carbocycles. The Balaban J connectivity index is 0.000000340. The van der Waals surface area contributed by atoms with E-state index < -0.39 is 20.0 Å². The van der Waals surface area contributed by atoms with Crippen molar-refractivity contribution < 1.29 is 36.5 Å². The van der Waals surface area contributed by atoms with Gasteiger partial charge < -0.3 is 19.7 Å². The van der Waals surface area contributed by atoms with Crippen molar-refractivity contribution in [2.75, 3.05) is 27.4 Å². The molecule has 2 atom stereocenters. The first-order valence-electron chi connectivity index (χ1n) is 13.4. The molecule has 0 spiro atoms. The van der Waals surface area contributed by atoms with Gasteiger partial charge in [0, 0.05) is 25.5 Å². The second kappa shape index (κ2) is 15.3. The molecule has 2 aromatic heterocycles. The van der Waals surface area contributed by atoms with Crippen molar-refractivity contribution >= 4 is 20.0 Å². The van der Waals surface area contributed by atoms with Crippen LogP contribution in [0.1, 0.15) is 37.1 Å². The average Bonchev–Trinajstić information content (AvgIpc) is 3.73. The Labute approximate surface area is 257 Å². The number of rotatable bonds is 13. The molecule has 0 unspecified atom stereocenters. The standard InChI is InChI=1S/C22H27N3O5S.C6H11N3O3S/c1-17(16-26)25-13-12-22(23-25)31(27,28)24(14-18-4-8-20(29-2)9-5-18)15-19-6-10-21(30-3)11-7-19;1-5(4-10)9-3-2-6(8-9)13(7,11)12/h4-13,17,26H,14-16H2,1-3H3;2-3,5,10H,4H2,1H3,(H2,7,11,12)/t17-;5-/m11/s1. The van der Waals surface area contributed by atoms with E-state index in [1.165, 1.54) is 32.0 Å². The van der Waals surface area contributed by atoms with Crippen LogP contribution in [0, 0.1) is 0 Å². The summed E-state index contributed by atoms with van der Waals surface area (Å²) in [6.45, 7) is 3.56. The largest absolute Gasteiger partial charge is 0.497 e. The third-order valence-corrected chi connectivity index (χ3v) is 9.02. The fourth-order valence-electron chi connectivity index (χ4n) is 3.82. The molecule has 0 aliphatic heterocycles. The Morgan fingerprint density at radius 3 is 1.45 bits per heavy atom. The summed E-state index contributed by atoms with van der Waals surface area (Å²) in [7, 11) is -4.46. The SMILES string of the molecule is COc1ccc(CN(Cc2ccc(OC)cc2)S(=O)(=O)c2ccn([C@H](C)CO)n2)cc1.C[C@H](CO)n1ccc(S(N)(=O)=O)n1. The van der Waals surface area contributed by atoms with Crippen molar-refractivity contribution in [3.8, 4) is 11.5 Å². The highest BCUT2D eigenvalue weighted by Crippen LogP contribution is 2.23. The topological polar surface area (TPSA) is 192 Å². The molecule has 0 amide bonds. The van der Waals surface area contributed by atoms with Crippen LogP contribution in [0.5, 0.6) is 11.5 Å². The van der Waals surface area contributed by atoms with Crippen LogP contribution < -0.4 is 14.6 Å². The molecular weight excluding hydrogens is 612 g/mol. The van der Waals surface area contributed by atoms with Gasteiger partial charge in [-0.1, -0.05) is 24.3 Å². The molecule has 14 nitrogen and oxygen atoms in total. The van der Waals surface area contributed by atoms with Crippen LogP contribution >= 0.6 is 0 Å². The summed E-state index contributed by atoms with van der Waals surface area (Å²) >= 11 is 0. The summed E-state index contributed by atoms with van der Waals surface area (Å²) in [5.41, 5.74) is 1.64. The molecule has 0 radical (unpaired) electrons. The molecule has 4 N–H and O–H groups in total.